The van der Waals surface area contributed by atoms with E-state index in [0.29, 0.717) is 27.6 Å². The van der Waals surface area contributed by atoms with Crippen LogP contribution in [0.3, 0.4) is 0 Å². The summed E-state index contributed by atoms with van der Waals surface area (Å²) < 4.78 is 8.52. The second-order valence-electron chi connectivity index (χ2n) is 7.29. The van der Waals surface area contributed by atoms with E-state index in [0.717, 1.165) is 36.8 Å². The highest BCUT2D eigenvalue weighted by Gasteiger charge is 2.22. The molecule has 0 saturated carbocycles. The normalized spacial score (nSPS) is 13.6. The molecule has 0 saturated heterocycles. The second kappa shape index (κ2) is 6.74. The zero-order valence-electron chi connectivity index (χ0n) is 15.8. The SMILES string of the molecule is Cn1c(=O)n(-c2cncc3c2CCCC3)c(=O)c2oc(-c3ccccc3Cl)cc21. The molecule has 146 valence electrons. The van der Waals surface area contributed by atoms with Crippen LogP contribution in [-0.4, -0.2) is 14.1 Å². The lowest BCUT2D eigenvalue weighted by Gasteiger charge is -2.19. The number of halogens is 1. The van der Waals surface area contributed by atoms with Crippen molar-refractivity contribution in [2.75, 3.05) is 0 Å². The van der Waals surface area contributed by atoms with E-state index in [1.54, 1.807) is 25.4 Å². The van der Waals surface area contributed by atoms with E-state index in [1.165, 1.54) is 9.13 Å². The van der Waals surface area contributed by atoms with E-state index >= 15 is 0 Å². The summed E-state index contributed by atoms with van der Waals surface area (Å²) in [4.78, 5) is 30.7. The minimum atomic E-state index is -0.484. The Balaban J connectivity index is 1.81. The van der Waals surface area contributed by atoms with Crippen LogP contribution < -0.4 is 11.2 Å². The fourth-order valence-corrected chi connectivity index (χ4v) is 4.29. The Morgan fingerprint density at radius 2 is 1.90 bits per heavy atom. The average Bonchev–Trinajstić information content (AvgIpc) is 3.18. The number of furan rings is 1. The number of benzene rings is 1. The number of hydrogen-bond acceptors (Lipinski definition) is 4. The quantitative estimate of drug-likeness (QED) is 0.505. The molecule has 5 rings (SSSR count). The lowest BCUT2D eigenvalue weighted by Crippen LogP contribution is -2.38. The molecule has 0 N–H and O–H groups in total. The van der Waals surface area contributed by atoms with Gasteiger partial charge < -0.3 is 4.42 Å². The molecule has 0 amide bonds. The molecule has 3 aromatic heterocycles. The summed E-state index contributed by atoms with van der Waals surface area (Å²) in [5, 5.41) is 0.512. The maximum Gasteiger partial charge on any atom is 0.336 e. The Morgan fingerprint density at radius 1 is 1.10 bits per heavy atom. The maximum absolute atomic E-state index is 13.3. The van der Waals surface area contributed by atoms with E-state index in [2.05, 4.69) is 4.98 Å². The van der Waals surface area contributed by atoms with Gasteiger partial charge in [-0.3, -0.25) is 14.3 Å². The third-order valence-corrected chi connectivity index (χ3v) is 5.91. The summed E-state index contributed by atoms with van der Waals surface area (Å²) in [6, 6.07) is 8.91. The molecule has 0 aliphatic heterocycles. The Bertz CT molecular complexity index is 1380. The third-order valence-electron chi connectivity index (χ3n) is 5.58. The van der Waals surface area contributed by atoms with Crippen LogP contribution in [-0.2, 0) is 19.9 Å². The molecule has 1 aliphatic rings. The topological polar surface area (TPSA) is 70.0 Å². The Morgan fingerprint density at radius 3 is 2.72 bits per heavy atom. The van der Waals surface area contributed by atoms with E-state index in [-0.39, 0.29) is 5.58 Å². The predicted octanol–water partition coefficient (Wildman–Crippen LogP) is 3.88. The van der Waals surface area contributed by atoms with Crippen molar-refractivity contribution in [1.82, 2.24) is 14.1 Å². The number of nitrogens with zero attached hydrogens (tertiary/aromatic N) is 3. The summed E-state index contributed by atoms with van der Waals surface area (Å²) in [7, 11) is 1.63. The molecule has 3 heterocycles. The molecule has 4 aromatic rings. The molecular weight excluding hydrogens is 390 g/mol. The molecule has 0 fully saturated rings. The minimum absolute atomic E-state index is 0.121. The van der Waals surface area contributed by atoms with Gasteiger partial charge in [0.2, 0.25) is 5.58 Å². The van der Waals surface area contributed by atoms with Gasteiger partial charge in [0.05, 0.1) is 22.4 Å². The van der Waals surface area contributed by atoms with Crippen LogP contribution in [0, 0.1) is 0 Å². The number of aryl methyl sites for hydroxylation is 2. The fourth-order valence-electron chi connectivity index (χ4n) is 4.06. The Labute approximate surface area is 171 Å². The summed E-state index contributed by atoms with van der Waals surface area (Å²) in [5.41, 5.74) is 2.98. The lowest BCUT2D eigenvalue weighted by molar-refractivity contribution is 0.613. The van der Waals surface area contributed by atoms with E-state index in [1.807, 2.05) is 24.4 Å². The average molecular weight is 408 g/mol. The Hall–Kier alpha value is -3.12. The number of rotatable bonds is 2. The van der Waals surface area contributed by atoms with E-state index in [4.69, 9.17) is 16.0 Å². The molecule has 0 unspecified atom stereocenters. The van der Waals surface area contributed by atoms with Gasteiger partial charge in [-0.2, -0.15) is 0 Å². The largest absolute Gasteiger partial charge is 0.449 e. The van der Waals surface area contributed by atoms with Gasteiger partial charge in [0.15, 0.2) is 0 Å². The molecule has 29 heavy (non-hydrogen) atoms. The van der Waals surface area contributed by atoms with Gasteiger partial charge in [-0.1, -0.05) is 23.7 Å². The molecular formula is C22H18ClN3O3. The van der Waals surface area contributed by atoms with Gasteiger partial charge in [0, 0.05) is 24.9 Å². The highest BCUT2D eigenvalue weighted by atomic mass is 35.5. The zero-order chi connectivity index (χ0) is 20.1. The van der Waals surface area contributed by atoms with Crippen LogP contribution in [0.2, 0.25) is 5.02 Å². The zero-order valence-corrected chi connectivity index (χ0v) is 16.6. The van der Waals surface area contributed by atoms with Gasteiger partial charge in [-0.05, 0) is 48.9 Å². The molecule has 0 atom stereocenters. The molecule has 1 aliphatic carbocycles. The first kappa shape index (κ1) is 17.9. The molecule has 0 radical (unpaired) electrons. The van der Waals surface area contributed by atoms with Crippen LogP contribution in [0.1, 0.15) is 24.0 Å². The molecule has 0 bridgehead atoms. The van der Waals surface area contributed by atoms with Crippen LogP contribution in [0.15, 0.2) is 56.7 Å². The van der Waals surface area contributed by atoms with Crippen LogP contribution in [0.4, 0.5) is 0 Å². The Kier molecular flexibility index (Phi) is 4.17. The summed E-state index contributed by atoms with van der Waals surface area (Å²) >= 11 is 6.28. The van der Waals surface area contributed by atoms with Crippen molar-refractivity contribution in [3.8, 4) is 17.0 Å². The number of fused-ring (bicyclic) bond motifs is 2. The van der Waals surface area contributed by atoms with Gasteiger partial charge in [0.25, 0.3) is 0 Å². The minimum Gasteiger partial charge on any atom is -0.449 e. The van der Waals surface area contributed by atoms with Crippen molar-refractivity contribution in [1.29, 1.82) is 0 Å². The van der Waals surface area contributed by atoms with Crippen molar-refractivity contribution in [2.24, 2.45) is 7.05 Å². The van der Waals surface area contributed by atoms with Gasteiger partial charge >= 0.3 is 11.2 Å². The van der Waals surface area contributed by atoms with E-state index in [9.17, 15) is 9.59 Å². The predicted molar refractivity (Wildman–Crippen MR) is 112 cm³/mol. The first-order chi connectivity index (χ1) is 14.1. The van der Waals surface area contributed by atoms with Crippen molar-refractivity contribution < 1.29 is 4.42 Å². The molecule has 7 heteroatoms. The van der Waals surface area contributed by atoms with Gasteiger partial charge in [-0.15, -0.1) is 0 Å². The van der Waals surface area contributed by atoms with Crippen LogP contribution in [0.25, 0.3) is 28.1 Å². The molecule has 6 nitrogen and oxygen atoms in total. The molecule has 1 aromatic carbocycles. The fraction of sp³-hybridized carbons (Fsp3) is 0.227. The van der Waals surface area contributed by atoms with Crippen molar-refractivity contribution in [3.63, 3.8) is 0 Å². The first-order valence-corrected chi connectivity index (χ1v) is 9.90. The maximum atomic E-state index is 13.3. The smallest absolute Gasteiger partial charge is 0.336 e. The standard InChI is InChI=1S/C22H18ClN3O3/c1-25-17-10-19(15-8-4-5-9-16(15)23)29-20(17)21(27)26(22(25)28)18-12-24-11-13-6-2-3-7-14(13)18/h4-5,8-12H,2-3,6-7H2,1H3. The highest BCUT2D eigenvalue weighted by Crippen LogP contribution is 2.31. The van der Waals surface area contributed by atoms with Crippen LogP contribution >= 0.6 is 11.6 Å². The first-order valence-electron chi connectivity index (χ1n) is 9.53. The second-order valence-corrected chi connectivity index (χ2v) is 7.70. The lowest BCUT2D eigenvalue weighted by atomic mass is 9.92. The number of pyridine rings is 1. The third kappa shape index (κ3) is 2.75. The molecule has 0 spiro atoms. The summed E-state index contributed by atoms with van der Waals surface area (Å²) in [5.74, 6) is 0.448. The van der Waals surface area contributed by atoms with Crippen molar-refractivity contribution in [3.05, 3.63) is 79.7 Å². The number of hydrogen-bond donors (Lipinski definition) is 0. The van der Waals surface area contributed by atoms with Crippen LogP contribution in [0.5, 0.6) is 0 Å². The van der Waals surface area contributed by atoms with Crippen molar-refractivity contribution >= 4 is 22.7 Å². The van der Waals surface area contributed by atoms with Gasteiger partial charge in [0.1, 0.15) is 5.76 Å². The monoisotopic (exact) mass is 407 g/mol. The van der Waals surface area contributed by atoms with Crippen molar-refractivity contribution in [2.45, 2.75) is 25.7 Å². The van der Waals surface area contributed by atoms with Gasteiger partial charge in [-0.25, -0.2) is 9.36 Å². The summed E-state index contributed by atoms with van der Waals surface area (Å²) in [6.07, 6.45) is 7.27. The summed E-state index contributed by atoms with van der Waals surface area (Å²) in [6.45, 7) is 0. The number of aromatic nitrogens is 3. The highest BCUT2D eigenvalue weighted by molar-refractivity contribution is 6.33. The van der Waals surface area contributed by atoms with E-state index < -0.39 is 11.2 Å².